The first kappa shape index (κ1) is 15.4. The molecule has 0 unspecified atom stereocenters. The Morgan fingerprint density at radius 3 is 2.74 bits per heavy atom. The summed E-state index contributed by atoms with van der Waals surface area (Å²) in [6, 6.07) is 4.50. The van der Waals surface area contributed by atoms with E-state index in [1.165, 1.54) is 12.1 Å². The molecule has 0 saturated heterocycles. The smallest absolute Gasteiger partial charge is 0.387 e. The van der Waals surface area contributed by atoms with Crippen LogP contribution in [0.25, 0.3) is 0 Å². The maximum absolute atomic E-state index is 12.2. The molecule has 0 aromatic heterocycles. The second kappa shape index (κ2) is 7.04. The summed E-state index contributed by atoms with van der Waals surface area (Å²) < 4.78 is 33.9. The van der Waals surface area contributed by atoms with Gasteiger partial charge in [0.2, 0.25) is 0 Å². The second-order valence-corrected chi connectivity index (χ2v) is 4.33. The number of carbonyl (C=O) groups is 1. The molecule has 102 valence electrons. The van der Waals surface area contributed by atoms with Gasteiger partial charge in [0.1, 0.15) is 11.8 Å². The van der Waals surface area contributed by atoms with Crippen molar-refractivity contribution >= 4 is 21.9 Å². The van der Waals surface area contributed by atoms with Crippen LogP contribution in [0.2, 0.25) is 0 Å². The average Bonchev–Trinajstić information content (AvgIpc) is 2.27. The predicted molar refractivity (Wildman–Crippen MR) is 65.8 cm³/mol. The SMILES string of the molecule is CCOC(=O)Cc1cc(Br)cc(OC(F)F)c1C#N. The Morgan fingerprint density at radius 2 is 2.21 bits per heavy atom. The molecule has 0 heterocycles. The number of carbonyl (C=O) groups excluding carboxylic acids is 1. The highest BCUT2D eigenvalue weighted by atomic mass is 79.9. The highest BCUT2D eigenvalue weighted by molar-refractivity contribution is 9.10. The molecule has 0 spiro atoms. The van der Waals surface area contributed by atoms with Crippen molar-refractivity contribution in [2.45, 2.75) is 20.0 Å². The first-order valence-electron chi connectivity index (χ1n) is 5.30. The number of nitrogens with zero attached hydrogens (tertiary/aromatic N) is 1. The van der Waals surface area contributed by atoms with E-state index in [1.54, 1.807) is 13.0 Å². The lowest BCUT2D eigenvalue weighted by atomic mass is 10.0. The number of alkyl halides is 2. The lowest BCUT2D eigenvalue weighted by Gasteiger charge is -2.11. The van der Waals surface area contributed by atoms with Gasteiger partial charge in [-0.1, -0.05) is 15.9 Å². The van der Waals surface area contributed by atoms with E-state index in [4.69, 9.17) is 10.00 Å². The van der Waals surface area contributed by atoms with Gasteiger partial charge < -0.3 is 9.47 Å². The van der Waals surface area contributed by atoms with Crippen molar-refractivity contribution < 1.29 is 23.0 Å². The minimum atomic E-state index is -3.04. The molecule has 1 rings (SSSR count). The lowest BCUT2D eigenvalue weighted by Crippen LogP contribution is -2.10. The van der Waals surface area contributed by atoms with Crippen molar-refractivity contribution in [3.8, 4) is 11.8 Å². The van der Waals surface area contributed by atoms with E-state index in [1.807, 2.05) is 0 Å². The second-order valence-electron chi connectivity index (χ2n) is 3.41. The summed E-state index contributed by atoms with van der Waals surface area (Å²) in [4.78, 5) is 11.4. The zero-order chi connectivity index (χ0) is 14.4. The minimum absolute atomic E-state index is 0.100. The largest absolute Gasteiger partial charge is 0.466 e. The summed E-state index contributed by atoms with van der Waals surface area (Å²) in [7, 11) is 0. The third-order valence-electron chi connectivity index (χ3n) is 2.12. The maximum Gasteiger partial charge on any atom is 0.387 e. The Kier molecular flexibility index (Phi) is 5.70. The molecule has 0 radical (unpaired) electrons. The Hall–Kier alpha value is -1.68. The van der Waals surface area contributed by atoms with Crippen LogP contribution >= 0.6 is 15.9 Å². The molecule has 0 aliphatic heterocycles. The van der Waals surface area contributed by atoms with E-state index in [2.05, 4.69) is 20.7 Å². The van der Waals surface area contributed by atoms with E-state index < -0.39 is 12.6 Å². The molecule has 0 bridgehead atoms. The number of hydrogen-bond acceptors (Lipinski definition) is 4. The van der Waals surface area contributed by atoms with Gasteiger partial charge >= 0.3 is 12.6 Å². The van der Waals surface area contributed by atoms with E-state index >= 15 is 0 Å². The summed E-state index contributed by atoms with van der Waals surface area (Å²) in [5.74, 6) is -0.814. The van der Waals surface area contributed by atoms with Crippen LogP contribution in [0.1, 0.15) is 18.1 Å². The van der Waals surface area contributed by atoms with Crippen LogP contribution in [-0.2, 0) is 16.0 Å². The number of esters is 1. The molecule has 0 aliphatic carbocycles. The zero-order valence-electron chi connectivity index (χ0n) is 9.95. The van der Waals surface area contributed by atoms with Gasteiger partial charge in [0.25, 0.3) is 0 Å². The first-order chi connectivity index (χ1) is 8.97. The van der Waals surface area contributed by atoms with Crippen LogP contribution < -0.4 is 4.74 Å². The van der Waals surface area contributed by atoms with Gasteiger partial charge in [-0.2, -0.15) is 14.0 Å². The summed E-state index contributed by atoms with van der Waals surface area (Å²) in [6.45, 7) is -1.19. The van der Waals surface area contributed by atoms with Gasteiger partial charge in [-0.05, 0) is 24.6 Å². The van der Waals surface area contributed by atoms with Gasteiger partial charge in [-0.25, -0.2) is 0 Å². The molecule has 0 saturated carbocycles. The van der Waals surface area contributed by atoms with Crippen molar-refractivity contribution in [2.75, 3.05) is 6.61 Å². The van der Waals surface area contributed by atoms with Crippen molar-refractivity contribution in [3.63, 3.8) is 0 Å². The molecule has 7 heteroatoms. The molecule has 0 fully saturated rings. The molecular formula is C12H10BrF2NO3. The quantitative estimate of drug-likeness (QED) is 0.777. The van der Waals surface area contributed by atoms with Gasteiger partial charge in [0, 0.05) is 4.47 Å². The highest BCUT2D eigenvalue weighted by Crippen LogP contribution is 2.29. The van der Waals surface area contributed by atoms with Gasteiger partial charge in [-0.15, -0.1) is 0 Å². The fraction of sp³-hybridized carbons (Fsp3) is 0.333. The molecule has 0 N–H and O–H groups in total. The molecule has 4 nitrogen and oxygen atoms in total. The third-order valence-corrected chi connectivity index (χ3v) is 2.57. The summed E-state index contributed by atoms with van der Waals surface area (Å²) in [5.41, 5.74) is 0.169. The molecule has 0 atom stereocenters. The molecular weight excluding hydrogens is 324 g/mol. The van der Waals surface area contributed by atoms with Crippen LogP contribution in [0.3, 0.4) is 0 Å². The zero-order valence-corrected chi connectivity index (χ0v) is 11.5. The normalized spacial score (nSPS) is 10.1. The van der Waals surface area contributed by atoms with E-state index in [-0.39, 0.29) is 29.9 Å². The standard InChI is InChI=1S/C12H10BrF2NO3/c1-2-18-11(17)4-7-3-8(13)5-10(9(7)6-16)19-12(14)15/h3,5,12H,2,4H2,1H3. The monoisotopic (exact) mass is 333 g/mol. The van der Waals surface area contributed by atoms with Crippen LogP contribution in [0.4, 0.5) is 8.78 Å². The van der Waals surface area contributed by atoms with Gasteiger partial charge in [-0.3, -0.25) is 4.79 Å². The molecule has 0 amide bonds. The maximum atomic E-state index is 12.2. The van der Waals surface area contributed by atoms with E-state index in [0.717, 1.165) is 0 Å². The summed E-state index contributed by atoms with van der Waals surface area (Å²) in [6.07, 6.45) is -0.185. The topological polar surface area (TPSA) is 59.3 Å². The Morgan fingerprint density at radius 1 is 1.53 bits per heavy atom. The first-order valence-corrected chi connectivity index (χ1v) is 6.10. The highest BCUT2D eigenvalue weighted by Gasteiger charge is 2.17. The fourth-order valence-electron chi connectivity index (χ4n) is 1.46. The Bertz CT molecular complexity index is 514. The number of rotatable bonds is 5. The van der Waals surface area contributed by atoms with E-state index in [0.29, 0.717) is 4.47 Å². The van der Waals surface area contributed by atoms with Crippen molar-refractivity contribution in [3.05, 3.63) is 27.7 Å². The number of nitriles is 1. The molecule has 19 heavy (non-hydrogen) atoms. The Labute approximate surface area is 117 Å². The number of hydrogen-bond donors (Lipinski definition) is 0. The average molecular weight is 334 g/mol. The van der Waals surface area contributed by atoms with Crippen molar-refractivity contribution in [2.24, 2.45) is 0 Å². The number of benzene rings is 1. The van der Waals surface area contributed by atoms with Crippen LogP contribution in [0, 0.1) is 11.3 Å². The summed E-state index contributed by atoms with van der Waals surface area (Å²) >= 11 is 3.11. The molecule has 1 aromatic carbocycles. The van der Waals surface area contributed by atoms with E-state index in [9.17, 15) is 13.6 Å². The number of ether oxygens (including phenoxy) is 2. The third kappa shape index (κ3) is 4.48. The summed E-state index contributed by atoms with van der Waals surface area (Å²) in [5, 5.41) is 9.00. The van der Waals surface area contributed by atoms with Gasteiger partial charge in [0.15, 0.2) is 0 Å². The van der Waals surface area contributed by atoms with Crippen LogP contribution in [0.5, 0.6) is 5.75 Å². The lowest BCUT2D eigenvalue weighted by molar-refractivity contribution is -0.142. The minimum Gasteiger partial charge on any atom is -0.466 e. The van der Waals surface area contributed by atoms with Crippen molar-refractivity contribution in [1.82, 2.24) is 0 Å². The van der Waals surface area contributed by atoms with Crippen LogP contribution in [-0.4, -0.2) is 19.2 Å². The fourth-order valence-corrected chi connectivity index (χ4v) is 1.94. The predicted octanol–water partition coefficient (Wildman–Crippen LogP) is 3.03. The van der Waals surface area contributed by atoms with Crippen molar-refractivity contribution in [1.29, 1.82) is 5.26 Å². The molecule has 0 aliphatic rings. The number of halogens is 3. The van der Waals surface area contributed by atoms with Crippen LogP contribution in [0.15, 0.2) is 16.6 Å². The Balaban J connectivity index is 3.13. The van der Waals surface area contributed by atoms with Gasteiger partial charge in [0.05, 0.1) is 18.6 Å². The molecule has 1 aromatic rings.